The standard InChI is InChI=1S/C20H35N3O2/c21-16-20(8-2-1-3-9-20)15-19(25)23-12-6-17(7-13-23)14-18(24)22-10-4-5-11-22/h17H,1-16,21H2. The molecule has 0 bridgehead atoms. The van der Waals surface area contributed by atoms with Crippen molar-refractivity contribution in [1.82, 2.24) is 9.80 Å². The van der Waals surface area contributed by atoms with Crippen molar-refractivity contribution in [1.29, 1.82) is 0 Å². The van der Waals surface area contributed by atoms with Crippen molar-refractivity contribution in [2.45, 2.75) is 70.6 Å². The summed E-state index contributed by atoms with van der Waals surface area (Å²) in [6.45, 7) is 4.16. The number of hydrogen-bond acceptors (Lipinski definition) is 3. The maximum atomic E-state index is 12.8. The summed E-state index contributed by atoms with van der Waals surface area (Å²) in [6.07, 6.45) is 11.5. The molecule has 25 heavy (non-hydrogen) atoms. The van der Waals surface area contributed by atoms with Crippen molar-refractivity contribution in [2.75, 3.05) is 32.7 Å². The SMILES string of the molecule is NCC1(CC(=O)N2CCC(CC(=O)N3CCCC3)CC2)CCCCC1. The second kappa shape index (κ2) is 8.52. The Morgan fingerprint density at radius 1 is 0.840 bits per heavy atom. The van der Waals surface area contributed by atoms with Gasteiger partial charge in [0, 0.05) is 39.0 Å². The number of nitrogens with two attached hydrogens (primary N) is 1. The molecule has 0 aromatic heterocycles. The Balaban J connectivity index is 1.43. The molecular formula is C20H35N3O2. The molecule has 0 radical (unpaired) electrons. The topological polar surface area (TPSA) is 66.6 Å². The van der Waals surface area contributed by atoms with E-state index in [-0.39, 0.29) is 11.3 Å². The van der Waals surface area contributed by atoms with E-state index in [0.717, 1.165) is 64.7 Å². The van der Waals surface area contributed by atoms with Gasteiger partial charge in [-0.1, -0.05) is 19.3 Å². The van der Waals surface area contributed by atoms with Crippen molar-refractivity contribution in [2.24, 2.45) is 17.1 Å². The predicted octanol–water partition coefficient (Wildman–Crippen LogP) is 2.54. The van der Waals surface area contributed by atoms with Crippen LogP contribution < -0.4 is 5.73 Å². The molecule has 5 nitrogen and oxygen atoms in total. The maximum absolute atomic E-state index is 12.8. The lowest BCUT2D eigenvalue weighted by Gasteiger charge is -2.39. The Hall–Kier alpha value is -1.10. The first-order chi connectivity index (χ1) is 12.1. The van der Waals surface area contributed by atoms with Crippen LogP contribution in [0.2, 0.25) is 0 Å². The van der Waals surface area contributed by atoms with E-state index in [1.54, 1.807) is 0 Å². The van der Waals surface area contributed by atoms with E-state index in [1.807, 2.05) is 9.80 Å². The lowest BCUT2D eigenvalue weighted by Crippen LogP contribution is -2.44. The molecule has 1 saturated carbocycles. The van der Waals surface area contributed by atoms with E-state index >= 15 is 0 Å². The molecule has 5 heteroatoms. The molecule has 0 aromatic rings. The summed E-state index contributed by atoms with van der Waals surface area (Å²) in [4.78, 5) is 29.1. The van der Waals surface area contributed by atoms with Crippen LogP contribution in [0.5, 0.6) is 0 Å². The summed E-state index contributed by atoms with van der Waals surface area (Å²) in [5, 5.41) is 0. The Bertz CT molecular complexity index is 460. The molecule has 1 aliphatic carbocycles. The third-order valence-electron chi connectivity index (χ3n) is 6.76. The summed E-state index contributed by atoms with van der Waals surface area (Å²) in [5.41, 5.74) is 6.09. The summed E-state index contributed by atoms with van der Waals surface area (Å²) in [7, 11) is 0. The Morgan fingerprint density at radius 2 is 1.44 bits per heavy atom. The highest BCUT2D eigenvalue weighted by Gasteiger charge is 2.35. The molecule has 142 valence electrons. The first-order valence-electron chi connectivity index (χ1n) is 10.4. The van der Waals surface area contributed by atoms with Crippen LogP contribution in [0.15, 0.2) is 0 Å². The third kappa shape index (κ3) is 4.75. The minimum Gasteiger partial charge on any atom is -0.343 e. The van der Waals surface area contributed by atoms with Gasteiger partial charge in [0.1, 0.15) is 0 Å². The predicted molar refractivity (Wildman–Crippen MR) is 98.9 cm³/mol. The smallest absolute Gasteiger partial charge is 0.223 e. The van der Waals surface area contributed by atoms with E-state index in [4.69, 9.17) is 5.73 Å². The van der Waals surface area contributed by atoms with Crippen LogP contribution in [0.4, 0.5) is 0 Å². The van der Waals surface area contributed by atoms with E-state index in [9.17, 15) is 9.59 Å². The van der Waals surface area contributed by atoms with Gasteiger partial charge in [-0.15, -0.1) is 0 Å². The molecule has 2 saturated heterocycles. The van der Waals surface area contributed by atoms with Crippen LogP contribution in [-0.4, -0.2) is 54.3 Å². The Morgan fingerprint density at radius 3 is 2.04 bits per heavy atom. The van der Waals surface area contributed by atoms with Crippen LogP contribution in [0.1, 0.15) is 70.6 Å². The van der Waals surface area contributed by atoms with Crippen LogP contribution in [0.25, 0.3) is 0 Å². The van der Waals surface area contributed by atoms with Crippen LogP contribution in [0.3, 0.4) is 0 Å². The van der Waals surface area contributed by atoms with Gasteiger partial charge in [-0.25, -0.2) is 0 Å². The minimum absolute atomic E-state index is 0.0535. The van der Waals surface area contributed by atoms with E-state index < -0.39 is 0 Å². The summed E-state index contributed by atoms with van der Waals surface area (Å²) in [5.74, 6) is 1.07. The monoisotopic (exact) mass is 349 g/mol. The minimum atomic E-state index is 0.0535. The molecule has 0 aromatic carbocycles. The second-order valence-electron chi connectivity index (χ2n) is 8.56. The van der Waals surface area contributed by atoms with Crippen molar-refractivity contribution < 1.29 is 9.59 Å². The number of carbonyl (C=O) groups is 2. The number of piperidine rings is 1. The van der Waals surface area contributed by atoms with Gasteiger partial charge in [0.25, 0.3) is 0 Å². The number of nitrogens with zero attached hydrogens (tertiary/aromatic N) is 2. The highest BCUT2D eigenvalue weighted by molar-refractivity contribution is 5.78. The zero-order valence-corrected chi connectivity index (χ0v) is 15.7. The average molecular weight is 350 g/mol. The van der Waals surface area contributed by atoms with Crippen molar-refractivity contribution >= 4 is 11.8 Å². The first-order valence-corrected chi connectivity index (χ1v) is 10.4. The molecule has 2 aliphatic heterocycles. The number of likely N-dealkylation sites (tertiary alicyclic amines) is 2. The lowest BCUT2D eigenvalue weighted by molar-refractivity contribution is -0.136. The van der Waals surface area contributed by atoms with Crippen molar-refractivity contribution in [3.8, 4) is 0 Å². The molecular weight excluding hydrogens is 314 g/mol. The van der Waals surface area contributed by atoms with Crippen LogP contribution in [0, 0.1) is 11.3 Å². The normalized spacial score (nSPS) is 24.5. The van der Waals surface area contributed by atoms with Gasteiger partial charge in [0.15, 0.2) is 0 Å². The summed E-state index contributed by atoms with van der Waals surface area (Å²) in [6, 6.07) is 0. The van der Waals surface area contributed by atoms with Gasteiger partial charge in [-0.2, -0.15) is 0 Å². The van der Waals surface area contributed by atoms with Gasteiger partial charge in [0.05, 0.1) is 0 Å². The quantitative estimate of drug-likeness (QED) is 0.829. The fraction of sp³-hybridized carbons (Fsp3) is 0.900. The maximum Gasteiger partial charge on any atom is 0.223 e. The number of amides is 2. The van der Waals surface area contributed by atoms with Gasteiger partial charge >= 0.3 is 0 Å². The average Bonchev–Trinajstić information content (AvgIpc) is 3.18. The van der Waals surface area contributed by atoms with Gasteiger partial charge in [-0.05, 0) is 56.4 Å². The summed E-state index contributed by atoms with van der Waals surface area (Å²) >= 11 is 0. The lowest BCUT2D eigenvalue weighted by atomic mass is 9.71. The number of rotatable bonds is 5. The molecule has 2 amide bonds. The number of hydrogen-bond donors (Lipinski definition) is 1. The van der Waals surface area contributed by atoms with E-state index in [0.29, 0.717) is 31.2 Å². The molecule has 0 spiro atoms. The number of carbonyl (C=O) groups excluding carboxylic acids is 2. The molecule has 3 aliphatic rings. The highest BCUT2D eigenvalue weighted by atomic mass is 16.2. The molecule has 3 fully saturated rings. The molecule has 2 heterocycles. The molecule has 0 unspecified atom stereocenters. The Labute approximate surface area is 152 Å². The van der Waals surface area contributed by atoms with E-state index in [2.05, 4.69) is 0 Å². The fourth-order valence-electron chi connectivity index (χ4n) is 4.92. The van der Waals surface area contributed by atoms with Crippen molar-refractivity contribution in [3.63, 3.8) is 0 Å². The zero-order valence-electron chi connectivity index (χ0n) is 15.7. The molecule has 2 N–H and O–H groups in total. The van der Waals surface area contributed by atoms with Crippen LogP contribution >= 0.6 is 0 Å². The zero-order chi connectivity index (χ0) is 17.7. The van der Waals surface area contributed by atoms with Gasteiger partial charge in [0.2, 0.25) is 11.8 Å². The Kier molecular flexibility index (Phi) is 6.37. The van der Waals surface area contributed by atoms with Crippen molar-refractivity contribution in [3.05, 3.63) is 0 Å². The van der Waals surface area contributed by atoms with Crippen LogP contribution in [-0.2, 0) is 9.59 Å². The third-order valence-corrected chi connectivity index (χ3v) is 6.76. The van der Waals surface area contributed by atoms with E-state index in [1.165, 1.54) is 19.3 Å². The van der Waals surface area contributed by atoms with Gasteiger partial charge in [-0.3, -0.25) is 9.59 Å². The molecule has 0 atom stereocenters. The first kappa shape index (κ1) is 18.7. The highest BCUT2D eigenvalue weighted by Crippen LogP contribution is 2.39. The summed E-state index contributed by atoms with van der Waals surface area (Å²) < 4.78 is 0. The largest absolute Gasteiger partial charge is 0.343 e. The second-order valence-corrected chi connectivity index (χ2v) is 8.56. The van der Waals surface area contributed by atoms with Gasteiger partial charge < -0.3 is 15.5 Å². The molecule has 3 rings (SSSR count). The fourth-order valence-corrected chi connectivity index (χ4v) is 4.92.